The van der Waals surface area contributed by atoms with Crippen LogP contribution in [0.4, 0.5) is 0 Å². The van der Waals surface area contributed by atoms with Gasteiger partial charge in [0.05, 0.1) is 0 Å². The molecule has 0 rings (SSSR count). The summed E-state index contributed by atoms with van der Waals surface area (Å²) in [6.07, 6.45) is 0. The van der Waals surface area contributed by atoms with Gasteiger partial charge in [0.1, 0.15) is 0 Å². The van der Waals surface area contributed by atoms with Gasteiger partial charge in [-0.05, 0) is 32.2 Å². The first-order valence-electron chi connectivity index (χ1n) is 4.60. The largest absolute Gasteiger partial charge is 0.366 e. The van der Waals surface area contributed by atoms with Crippen LogP contribution in [0.5, 0.6) is 0 Å². The van der Waals surface area contributed by atoms with Gasteiger partial charge in [0, 0.05) is 19.6 Å². The highest BCUT2D eigenvalue weighted by Crippen LogP contribution is 2.02. The summed E-state index contributed by atoms with van der Waals surface area (Å²) < 4.78 is 0. The molecule has 2 N–H and O–H groups in total. The SMILES string of the molecule is CNC(=S)NC(CN(C)C)C(C)C. The molecule has 0 heterocycles. The van der Waals surface area contributed by atoms with E-state index in [1.807, 2.05) is 7.05 Å². The Morgan fingerprint density at radius 2 is 1.92 bits per heavy atom. The molecule has 78 valence electrons. The normalized spacial score (nSPS) is 13.2. The number of hydrogen-bond acceptors (Lipinski definition) is 2. The highest BCUT2D eigenvalue weighted by molar-refractivity contribution is 7.80. The van der Waals surface area contributed by atoms with Crippen LogP contribution in [0.3, 0.4) is 0 Å². The lowest BCUT2D eigenvalue weighted by Gasteiger charge is -2.26. The maximum atomic E-state index is 5.06. The van der Waals surface area contributed by atoms with Crippen LogP contribution in [0.1, 0.15) is 13.8 Å². The first-order chi connectivity index (χ1) is 5.97. The van der Waals surface area contributed by atoms with Crippen LogP contribution < -0.4 is 10.6 Å². The first-order valence-corrected chi connectivity index (χ1v) is 5.01. The minimum absolute atomic E-state index is 0.412. The summed E-state index contributed by atoms with van der Waals surface area (Å²) in [6, 6.07) is 0.412. The van der Waals surface area contributed by atoms with Crippen LogP contribution in [0.2, 0.25) is 0 Å². The second kappa shape index (κ2) is 6.16. The van der Waals surface area contributed by atoms with E-state index in [9.17, 15) is 0 Å². The van der Waals surface area contributed by atoms with E-state index in [2.05, 4.69) is 43.5 Å². The third-order valence-corrected chi connectivity index (χ3v) is 2.23. The predicted octanol–water partition coefficient (Wildman–Crippen LogP) is 0.666. The third-order valence-electron chi connectivity index (χ3n) is 1.91. The van der Waals surface area contributed by atoms with Gasteiger partial charge >= 0.3 is 0 Å². The van der Waals surface area contributed by atoms with Crippen LogP contribution in [-0.2, 0) is 0 Å². The zero-order valence-corrected chi connectivity index (χ0v) is 10.0. The maximum absolute atomic E-state index is 5.06. The fourth-order valence-electron chi connectivity index (χ4n) is 1.06. The number of nitrogens with one attached hydrogen (secondary N) is 2. The molecule has 0 fully saturated rings. The molecule has 0 amide bonds. The van der Waals surface area contributed by atoms with Crippen molar-refractivity contribution in [1.82, 2.24) is 15.5 Å². The molecular formula is C9H21N3S. The van der Waals surface area contributed by atoms with Crippen molar-refractivity contribution in [1.29, 1.82) is 0 Å². The fourth-order valence-corrected chi connectivity index (χ4v) is 1.21. The smallest absolute Gasteiger partial charge is 0.166 e. The van der Waals surface area contributed by atoms with Crippen molar-refractivity contribution in [3.8, 4) is 0 Å². The van der Waals surface area contributed by atoms with E-state index >= 15 is 0 Å². The molecule has 1 unspecified atom stereocenters. The van der Waals surface area contributed by atoms with Crippen molar-refractivity contribution in [2.45, 2.75) is 19.9 Å². The standard InChI is InChI=1S/C9H21N3S/c1-7(2)8(6-12(4)5)11-9(13)10-3/h7-8H,6H2,1-5H3,(H2,10,11,13). The Balaban J connectivity index is 4.02. The van der Waals surface area contributed by atoms with Crippen molar-refractivity contribution < 1.29 is 0 Å². The molecule has 1 atom stereocenters. The summed E-state index contributed by atoms with van der Waals surface area (Å²) in [5.74, 6) is 0.577. The van der Waals surface area contributed by atoms with Crippen LogP contribution in [-0.4, -0.2) is 43.7 Å². The van der Waals surface area contributed by atoms with Gasteiger partial charge in [-0.25, -0.2) is 0 Å². The van der Waals surface area contributed by atoms with Crippen LogP contribution in [0, 0.1) is 5.92 Å². The molecule has 0 radical (unpaired) electrons. The molecule has 0 aromatic rings. The van der Waals surface area contributed by atoms with Gasteiger partial charge in [-0.2, -0.15) is 0 Å². The van der Waals surface area contributed by atoms with E-state index in [4.69, 9.17) is 12.2 Å². The second-order valence-corrected chi connectivity index (χ2v) is 4.24. The average molecular weight is 203 g/mol. The van der Waals surface area contributed by atoms with E-state index in [-0.39, 0.29) is 0 Å². The number of thiocarbonyl (C=S) groups is 1. The molecule has 0 bridgehead atoms. The molecule has 0 aliphatic rings. The van der Waals surface area contributed by atoms with Gasteiger partial charge in [-0.3, -0.25) is 0 Å². The lowest BCUT2D eigenvalue weighted by Crippen LogP contribution is -2.47. The summed E-state index contributed by atoms with van der Waals surface area (Å²) in [7, 11) is 5.97. The molecule has 0 aromatic carbocycles. The fraction of sp³-hybridized carbons (Fsp3) is 0.889. The Labute approximate surface area is 86.9 Å². The summed E-state index contributed by atoms with van der Waals surface area (Å²) in [6.45, 7) is 5.39. The Kier molecular flexibility index (Phi) is 5.99. The van der Waals surface area contributed by atoms with E-state index in [0.29, 0.717) is 12.0 Å². The van der Waals surface area contributed by atoms with Crippen molar-refractivity contribution >= 4 is 17.3 Å². The second-order valence-electron chi connectivity index (χ2n) is 3.84. The molecule has 0 aliphatic carbocycles. The van der Waals surface area contributed by atoms with Crippen molar-refractivity contribution in [3.63, 3.8) is 0 Å². The van der Waals surface area contributed by atoms with Crippen LogP contribution in [0.25, 0.3) is 0 Å². The highest BCUT2D eigenvalue weighted by atomic mass is 32.1. The molecule has 0 aromatic heterocycles. The Morgan fingerprint density at radius 3 is 2.23 bits per heavy atom. The minimum atomic E-state index is 0.412. The third kappa shape index (κ3) is 5.82. The van der Waals surface area contributed by atoms with Crippen molar-refractivity contribution in [3.05, 3.63) is 0 Å². The molecule has 3 nitrogen and oxygen atoms in total. The van der Waals surface area contributed by atoms with Crippen LogP contribution >= 0.6 is 12.2 Å². The number of hydrogen-bond donors (Lipinski definition) is 2. The maximum Gasteiger partial charge on any atom is 0.166 e. The predicted molar refractivity (Wildman–Crippen MR) is 62.0 cm³/mol. The van der Waals surface area contributed by atoms with E-state index in [0.717, 1.165) is 11.7 Å². The first kappa shape index (κ1) is 12.7. The van der Waals surface area contributed by atoms with Crippen molar-refractivity contribution in [2.75, 3.05) is 27.7 Å². The molecular weight excluding hydrogens is 182 g/mol. The van der Waals surface area contributed by atoms with E-state index < -0.39 is 0 Å². The minimum Gasteiger partial charge on any atom is -0.366 e. The van der Waals surface area contributed by atoms with Gasteiger partial charge in [0.25, 0.3) is 0 Å². The molecule has 0 spiro atoms. The van der Waals surface area contributed by atoms with Gasteiger partial charge in [0.2, 0.25) is 0 Å². The van der Waals surface area contributed by atoms with Gasteiger partial charge in [-0.15, -0.1) is 0 Å². The highest BCUT2D eigenvalue weighted by Gasteiger charge is 2.14. The zero-order chi connectivity index (χ0) is 10.4. The topological polar surface area (TPSA) is 27.3 Å². The molecule has 0 aliphatic heterocycles. The molecule has 0 saturated carbocycles. The Morgan fingerprint density at radius 1 is 1.38 bits per heavy atom. The van der Waals surface area contributed by atoms with Crippen LogP contribution in [0.15, 0.2) is 0 Å². The number of nitrogens with zero attached hydrogens (tertiary/aromatic N) is 1. The lowest BCUT2D eigenvalue weighted by atomic mass is 10.0. The van der Waals surface area contributed by atoms with Gasteiger partial charge < -0.3 is 15.5 Å². The molecule has 13 heavy (non-hydrogen) atoms. The monoisotopic (exact) mass is 203 g/mol. The quantitative estimate of drug-likeness (QED) is 0.657. The molecule has 4 heteroatoms. The Hall–Kier alpha value is -0.350. The van der Waals surface area contributed by atoms with E-state index in [1.165, 1.54) is 0 Å². The summed E-state index contributed by atoms with van der Waals surface area (Å²) in [5.41, 5.74) is 0. The Bertz CT molecular complexity index is 157. The summed E-state index contributed by atoms with van der Waals surface area (Å²) in [5, 5.41) is 6.92. The lowest BCUT2D eigenvalue weighted by molar-refractivity contribution is 0.312. The molecule has 0 saturated heterocycles. The van der Waals surface area contributed by atoms with E-state index in [1.54, 1.807) is 0 Å². The number of likely N-dealkylation sites (N-methyl/N-ethyl adjacent to an activating group) is 1. The average Bonchev–Trinajstić information content (AvgIpc) is 2.02. The summed E-state index contributed by atoms with van der Waals surface area (Å²) >= 11 is 5.06. The summed E-state index contributed by atoms with van der Waals surface area (Å²) in [4.78, 5) is 2.16. The van der Waals surface area contributed by atoms with Gasteiger partial charge in [0.15, 0.2) is 5.11 Å². The number of rotatable bonds is 4. The van der Waals surface area contributed by atoms with Gasteiger partial charge in [-0.1, -0.05) is 13.8 Å². The van der Waals surface area contributed by atoms with Crippen molar-refractivity contribution in [2.24, 2.45) is 5.92 Å². The zero-order valence-electron chi connectivity index (χ0n) is 9.22.